The highest BCUT2D eigenvalue weighted by Gasteiger charge is 2.04. The fraction of sp³-hybridized carbons (Fsp3) is 0.250. The van der Waals surface area contributed by atoms with Gasteiger partial charge in [0.1, 0.15) is 18.2 Å². The van der Waals surface area contributed by atoms with Crippen molar-refractivity contribution in [2.45, 2.75) is 20.1 Å². The van der Waals surface area contributed by atoms with Gasteiger partial charge in [-0.2, -0.15) is 0 Å². The van der Waals surface area contributed by atoms with E-state index < -0.39 is 0 Å². The summed E-state index contributed by atoms with van der Waals surface area (Å²) in [7, 11) is 0. The minimum absolute atomic E-state index is 0.220. The smallest absolute Gasteiger partial charge is 0.129 e. The summed E-state index contributed by atoms with van der Waals surface area (Å²) in [5, 5.41) is 3.26. The van der Waals surface area contributed by atoms with E-state index in [-0.39, 0.29) is 12.4 Å². The Balaban J connectivity index is 1.95. The van der Waals surface area contributed by atoms with Crippen molar-refractivity contribution in [1.29, 1.82) is 0 Å². The lowest BCUT2D eigenvalue weighted by Gasteiger charge is -2.09. The van der Waals surface area contributed by atoms with Gasteiger partial charge in [0.2, 0.25) is 0 Å². The van der Waals surface area contributed by atoms with Crippen molar-refractivity contribution in [2.75, 3.05) is 6.54 Å². The highest BCUT2D eigenvalue weighted by atomic mass is 79.9. The number of hydrogen-bond acceptors (Lipinski definition) is 2. The molecular formula is C16H17BrFNO. The topological polar surface area (TPSA) is 21.3 Å². The van der Waals surface area contributed by atoms with Crippen molar-refractivity contribution in [3.8, 4) is 5.75 Å². The minimum atomic E-state index is -0.253. The monoisotopic (exact) mass is 337 g/mol. The zero-order valence-electron chi connectivity index (χ0n) is 11.3. The maximum absolute atomic E-state index is 13.6. The van der Waals surface area contributed by atoms with Crippen LogP contribution in [-0.4, -0.2) is 6.54 Å². The molecule has 0 aliphatic carbocycles. The third-order valence-corrected chi connectivity index (χ3v) is 3.40. The van der Waals surface area contributed by atoms with Crippen LogP contribution in [-0.2, 0) is 13.2 Å². The van der Waals surface area contributed by atoms with Crippen molar-refractivity contribution in [1.82, 2.24) is 5.32 Å². The number of hydrogen-bond donors (Lipinski definition) is 1. The molecule has 0 spiro atoms. The zero-order valence-corrected chi connectivity index (χ0v) is 12.9. The summed E-state index contributed by atoms with van der Waals surface area (Å²) in [5.74, 6) is 0.488. The zero-order chi connectivity index (χ0) is 14.4. The van der Waals surface area contributed by atoms with Gasteiger partial charge < -0.3 is 10.1 Å². The molecule has 0 amide bonds. The molecule has 106 valence electrons. The van der Waals surface area contributed by atoms with Crippen LogP contribution in [0.2, 0.25) is 0 Å². The molecule has 2 aromatic rings. The molecule has 4 heteroatoms. The van der Waals surface area contributed by atoms with E-state index in [4.69, 9.17) is 4.74 Å². The van der Waals surface area contributed by atoms with E-state index in [2.05, 4.69) is 28.2 Å². The third kappa shape index (κ3) is 4.32. The summed E-state index contributed by atoms with van der Waals surface area (Å²) < 4.78 is 20.0. The molecule has 0 saturated carbocycles. The summed E-state index contributed by atoms with van der Waals surface area (Å²) >= 11 is 3.33. The van der Waals surface area contributed by atoms with Gasteiger partial charge in [0.15, 0.2) is 0 Å². The molecule has 0 saturated heterocycles. The molecule has 0 radical (unpaired) electrons. The van der Waals surface area contributed by atoms with E-state index in [0.717, 1.165) is 23.3 Å². The van der Waals surface area contributed by atoms with Gasteiger partial charge in [0, 0.05) is 16.6 Å². The van der Waals surface area contributed by atoms with Gasteiger partial charge in [0.25, 0.3) is 0 Å². The Bertz CT molecular complexity index is 557. The second-order valence-corrected chi connectivity index (χ2v) is 5.36. The van der Waals surface area contributed by atoms with Crippen molar-refractivity contribution in [3.05, 3.63) is 63.9 Å². The Morgan fingerprint density at radius 2 is 1.90 bits per heavy atom. The van der Waals surface area contributed by atoms with Crippen molar-refractivity contribution < 1.29 is 9.13 Å². The maximum atomic E-state index is 13.6. The van der Waals surface area contributed by atoms with Crippen LogP contribution in [0.25, 0.3) is 0 Å². The molecule has 2 rings (SSSR count). The highest BCUT2D eigenvalue weighted by Crippen LogP contribution is 2.19. The van der Waals surface area contributed by atoms with Crippen LogP contribution >= 0.6 is 15.9 Å². The summed E-state index contributed by atoms with van der Waals surface area (Å²) in [4.78, 5) is 0. The number of benzene rings is 2. The number of halogens is 2. The average Bonchev–Trinajstić information content (AvgIpc) is 2.47. The Labute approximate surface area is 127 Å². The van der Waals surface area contributed by atoms with Crippen LogP contribution in [0.5, 0.6) is 5.75 Å². The summed E-state index contributed by atoms with van der Waals surface area (Å²) in [6.45, 7) is 4.08. The lowest BCUT2D eigenvalue weighted by atomic mass is 10.2. The normalized spacial score (nSPS) is 10.6. The lowest BCUT2D eigenvalue weighted by molar-refractivity contribution is 0.299. The molecule has 0 aliphatic heterocycles. The molecule has 0 fully saturated rings. The standard InChI is InChI=1S/C16H17BrFNO/c1-2-19-10-12-3-6-15(7-4-12)20-11-13-9-14(17)5-8-16(13)18/h3-9,19H,2,10-11H2,1H3. The van der Waals surface area contributed by atoms with E-state index in [1.807, 2.05) is 24.3 Å². The summed E-state index contributed by atoms with van der Waals surface area (Å²) in [5.41, 5.74) is 1.74. The summed E-state index contributed by atoms with van der Waals surface area (Å²) in [6.07, 6.45) is 0. The van der Waals surface area contributed by atoms with Crippen LogP contribution in [0, 0.1) is 5.82 Å². The molecule has 0 bridgehead atoms. The van der Waals surface area contributed by atoms with Crippen molar-refractivity contribution >= 4 is 15.9 Å². The van der Waals surface area contributed by atoms with E-state index in [1.54, 1.807) is 12.1 Å². The number of rotatable bonds is 6. The van der Waals surface area contributed by atoms with E-state index in [1.165, 1.54) is 11.6 Å². The van der Waals surface area contributed by atoms with Crippen LogP contribution < -0.4 is 10.1 Å². The number of ether oxygens (including phenoxy) is 1. The van der Waals surface area contributed by atoms with E-state index >= 15 is 0 Å². The van der Waals surface area contributed by atoms with Crippen molar-refractivity contribution in [2.24, 2.45) is 0 Å². The first-order valence-electron chi connectivity index (χ1n) is 6.55. The number of nitrogens with one attached hydrogen (secondary N) is 1. The van der Waals surface area contributed by atoms with Gasteiger partial charge in [0.05, 0.1) is 0 Å². The first-order chi connectivity index (χ1) is 9.69. The molecule has 2 nitrogen and oxygen atoms in total. The van der Waals surface area contributed by atoms with Crippen molar-refractivity contribution in [3.63, 3.8) is 0 Å². The molecular weight excluding hydrogens is 321 g/mol. The maximum Gasteiger partial charge on any atom is 0.129 e. The first-order valence-corrected chi connectivity index (χ1v) is 7.34. The molecule has 1 N–H and O–H groups in total. The molecule has 20 heavy (non-hydrogen) atoms. The van der Waals surface area contributed by atoms with Gasteiger partial charge >= 0.3 is 0 Å². The fourth-order valence-electron chi connectivity index (χ4n) is 1.79. The largest absolute Gasteiger partial charge is 0.489 e. The highest BCUT2D eigenvalue weighted by molar-refractivity contribution is 9.10. The van der Waals surface area contributed by atoms with Crippen LogP contribution in [0.1, 0.15) is 18.1 Å². The first kappa shape index (κ1) is 15.0. The van der Waals surface area contributed by atoms with Gasteiger partial charge in [-0.25, -0.2) is 4.39 Å². The van der Waals surface area contributed by atoms with Gasteiger partial charge in [-0.1, -0.05) is 35.0 Å². The van der Waals surface area contributed by atoms with Crippen LogP contribution in [0.15, 0.2) is 46.9 Å². The quantitative estimate of drug-likeness (QED) is 0.849. The molecule has 0 atom stereocenters. The van der Waals surface area contributed by atoms with Gasteiger partial charge in [-0.15, -0.1) is 0 Å². The molecule has 2 aromatic carbocycles. The predicted octanol–water partition coefficient (Wildman–Crippen LogP) is 4.28. The van der Waals surface area contributed by atoms with Gasteiger partial charge in [-0.05, 0) is 42.4 Å². The van der Waals surface area contributed by atoms with Gasteiger partial charge in [-0.3, -0.25) is 0 Å². The molecule has 0 heterocycles. The second kappa shape index (κ2) is 7.41. The van der Waals surface area contributed by atoms with E-state index in [9.17, 15) is 4.39 Å². The second-order valence-electron chi connectivity index (χ2n) is 4.45. The minimum Gasteiger partial charge on any atom is -0.489 e. The predicted molar refractivity (Wildman–Crippen MR) is 82.3 cm³/mol. The van der Waals surface area contributed by atoms with E-state index in [0.29, 0.717) is 5.56 Å². The van der Waals surface area contributed by atoms with Crippen LogP contribution in [0.4, 0.5) is 4.39 Å². The molecule has 0 aromatic heterocycles. The van der Waals surface area contributed by atoms with Crippen LogP contribution in [0.3, 0.4) is 0 Å². The Kier molecular flexibility index (Phi) is 5.56. The molecule has 0 unspecified atom stereocenters. The Hall–Kier alpha value is -1.39. The fourth-order valence-corrected chi connectivity index (χ4v) is 2.20. The Morgan fingerprint density at radius 1 is 1.15 bits per heavy atom. The average molecular weight is 338 g/mol. The Morgan fingerprint density at radius 3 is 2.60 bits per heavy atom. The lowest BCUT2D eigenvalue weighted by Crippen LogP contribution is -2.11. The summed E-state index contributed by atoms with van der Waals surface area (Å²) in [6, 6.07) is 12.7. The SMILES string of the molecule is CCNCc1ccc(OCc2cc(Br)ccc2F)cc1. The molecule has 0 aliphatic rings. The third-order valence-electron chi connectivity index (χ3n) is 2.90.